The minimum atomic E-state index is 0.0179. The maximum atomic E-state index is 10.9. The van der Waals surface area contributed by atoms with Crippen LogP contribution in [0.4, 0.5) is 0 Å². The molecule has 0 unspecified atom stereocenters. The summed E-state index contributed by atoms with van der Waals surface area (Å²) in [5.74, 6) is 0.0179. The zero-order chi connectivity index (χ0) is 9.97. The highest BCUT2D eigenvalue weighted by Gasteiger charge is 2.13. The van der Waals surface area contributed by atoms with Crippen LogP contribution in [0.3, 0.4) is 0 Å². The predicted molar refractivity (Wildman–Crippen MR) is 51.9 cm³/mol. The fourth-order valence-corrected chi connectivity index (χ4v) is 1.39. The van der Waals surface area contributed by atoms with Crippen LogP contribution in [0, 0.1) is 11.3 Å². The molecule has 0 fully saturated rings. The van der Waals surface area contributed by atoms with Gasteiger partial charge in [0.15, 0.2) is 0 Å². The first kappa shape index (κ1) is 8.52. The molecule has 2 rings (SSSR count). The Morgan fingerprint density at radius 2 is 2.00 bits per heavy atom. The van der Waals surface area contributed by atoms with Crippen LogP contribution in [0.2, 0.25) is 0 Å². The summed E-state index contributed by atoms with van der Waals surface area (Å²) in [4.78, 5) is 10.9. The van der Waals surface area contributed by atoms with Gasteiger partial charge in [0.25, 0.3) is 0 Å². The van der Waals surface area contributed by atoms with Crippen molar-refractivity contribution in [3.05, 3.63) is 41.6 Å². The lowest BCUT2D eigenvalue weighted by atomic mass is 10.0. The predicted octanol–water partition coefficient (Wildman–Crippen LogP) is 1.42. The van der Waals surface area contributed by atoms with Crippen molar-refractivity contribution in [2.45, 2.75) is 6.42 Å². The van der Waals surface area contributed by atoms with Crippen LogP contribution in [0.25, 0.3) is 5.57 Å². The highest BCUT2D eigenvalue weighted by molar-refractivity contribution is 5.94. The van der Waals surface area contributed by atoms with E-state index in [9.17, 15) is 4.79 Å². The Balaban J connectivity index is 2.27. The molecule has 0 spiro atoms. The van der Waals surface area contributed by atoms with E-state index < -0.39 is 0 Å². The molecular formula is C11H8N2O. The van der Waals surface area contributed by atoms with Crippen molar-refractivity contribution in [1.82, 2.24) is 5.32 Å². The molecule has 0 saturated carbocycles. The summed E-state index contributed by atoms with van der Waals surface area (Å²) in [6.45, 7) is 0. The zero-order valence-corrected chi connectivity index (χ0v) is 7.45. The summed E-state index contributed by atoms with van der Waals surface area (Å²) < 4.78 is 0. The summed E-state index contributed by atoms with van der Waals surface area (Å²) in [6, 6.07) is 9.25. The van der Waals surface area contributed by atoms with Crippen LogP contribution in [-0.2, 0) is 4.79 Å². The Hall–Kier alpha value is -2.08. The number of hydrogen-bond acceptors (Lipinski definition) is 2. The van der Waals surface area contributed by atoms with Crippen LogP contribution in [-0.4, -0.2) is 5.91 Å². The van der Waals surface area contributed by atoms with E-state index in [1.807, 2.05) is 12.1 Å². The lowest BCUT2D eigenvalue weighted by Gasteiger charge is -1.98. The van der Waals surface area contributed by atoms with E-state index in [2.05, 4.69) is 11.4 Å². The fourth-order valence-electron chi connectivity index (χ4n) is 1.39. The topological polar surface area (TPSA) is 52.9 Å². The van der Waals surface area contributed by atoms with Crippen molar-refractivity contribution >= 4 is 11.5 Å². The van der Waals surface area contributed by atoms with E-state index in [4.69, 9.17) is 5.26 Å². The standard InChI is InChI=1S/C11H8N2O/c12-6-8-1-3-9(4-2-8)10-5-11(14)13-7-10/h1-4,7H,5H2,(H,13,14). The van der Waals surface area contributed by atoms with Gasteiger partial charge in [-0.2, -0.15) is 5.26 Å². The Morgan fingerprint density at radius 1 is 1.29 bits per heavy atom. The first-order chi connectivity index (χ1) is 6.79. The second kappa shape index (κ2) is 3.35. The van der Waals surface area contributed by atoms with Gasteiger partial charge in [-0.3, -0.25) is 4.79 Å². The second-order valence-electron chi connectivity index (χ2n) is 3.10. The summed E-state index contributed by atoms with van der Waals surface area (Å²) in [6.07, 6.45) is 2.13. The molecule has 14 heavy (non-hydrogen) atoms. The summed E-state index contributed by atoms with van der Waals surface area (Å²) in [5, 5.41) is 11.2. The van der Waals surface area contributed by atoms with Gasteiger partial charge in [0, 0.05) is 6.20 Å². The number of amides is 1. The summed E-state index contributed by atoms with van der Waals surface area (Å²) in [7, 11) is 0. The molecule has 1 aromatic rings. The number of nitrogens with zero attached hydrogens (tertiary/aromatic N) is 1. The number of carbonyl (C=O) groups excluding carboxylic acids is 1. The number of rotatable bonds is 1. The molecule has 1 aliphatic heterocycles. The molecule has 0 radical (unpaired) electrons. The quantitative estimate of drug-likeness (QED) is 0.717. The van der Waals surface area contributed by atoms with Crippen molar-refractivity contribution < 1.29 is 4.79 Å². The fraction of sp³-hybridized carbons (Fsp3) is 0.0909. The van der Waals surface area contributed by atoms with Gasteiger partial charge in [-0.15, -0.1) is 0 Å². The van der Waals surface area contributed by atoms with Crippen molar-refractivity contribution in [3.63, 3.8) is 0 Å². The smallest absolute Gasteiger partial charge is 0.228 e. The van der Waals surface area contributed by atoms with E-state index in [1.165, 1.54) is 0 Å². The van der Waals surface area contributed by atoms with Crippen LogP contribution < -0.4 is 5.32 Å². The summed E-state index contributed by atoms with van der Waals surface area (Å²) in [5.41, 5.74) is 2.59. The molecule has 0 atom stereocenters. The van der Waals surface area contributed by atoms with E-state index in [-0.39, 0.29) is 5.91 Å². The van der Waals surface area contributed by atoms with Crippen LogP contribution in [0.5, 0.6) is 0 Å². The lowest BCUT2D eigenvalue weighted by molar-refractivity contribution is -0.118. The first-order valence-electron chi connectivity index (χ1n) is 4.28. The van der Waals surface area contributed by atoms with Gasteiger partial charge in [-0.1, -0.05) is 12.1 Å². The molecule has 0 saturated heterocycles. The van der Waals surface area contributed by atoms with Gasteiger partial charge in [0.05, 0.1) is 18.1 Å². The largest absolute Gasteiger partial charge is 0.332 e. The molecule has 1 amide bonds. The van der Waals surface area contributed by atoms with Crippen LogP contribution >= 0.6 is 0 Å². The molecule has 3 heteroatoms. The van der Waals surface area contributed by atoms with Gasteiger partial charge in [0.1, 0.15) is 0 Å². The van der Waals surface area contributed by atoms with Gasteiger partial charge in [0.2, 0.25) is 5.91 Å². The Kier molecular flexibility index (Phi) is 2.04. The number of benzene rings is 1. The maximum Gasteiger partial charge on any atom is 0.228 e. The van der Waals surface area contributed by atoms with E-state index in [1.54, 1.807) is 18.3 Å². The van der Waals surface area contributed by atoms with Crippen molar-refractivity contribution in [3.8, 4) is 6.07 Å². The monoisotopic (exact) mass is 184 g/mol. The maximum absolute atomic E-state index is 10.9. The minimum absolute atomic E-state index is 0.0179. The molecule has 0 bridgehead atoms. The minimum Gasteiger partial charge on any atom is -0.332 e. The third kappa shape index (κ3) is 1.50. The Bertz CT molecular complexity index is 437. The average molecular weight is 184 g/mol. The van der Waals surface area contributed by atoms with Gasteiger partial charge >= 0.3 is 0 Å². The Morgan fingerprint density at radius 3 is 2.50 bits per heavy atom. The summed E-state index contributed by atoms with van der Waals surface area (Å²) >= 11 is 0. The molecule has 1 aliphatic rings. The van der Waals surface area contributed by atoms with Crippen molar-refractivity contribution in [2.24, 2.45) is 0 Å². The lowest BCUT2D eigenvalue weighted by Crippen LogP contribution is -2.08. The molecule has 1 aromatic carbocycles. The SMILES string of the molecule is N#Cc1ccc(C2=CNC(=O)C2)cc1. The van der Waals surface area contributed by atoms with Gasteiger partial charge in [-0.05, 0) is 23.3 Å². The molecular weight excluding hydrogens is 176 g/mol. The molecule has 68 valence electrons. The normalized spacial score (nSPS) is 14.5. The van der Waals surface area contributed by atoms with E-state index in [0.29, 0.717) is 12.0 Å². The number of carbonyl (C=O) groups is 1. The van der Waals surface area contributed by atoms with Crippen molar-refractivity contribution in [1.29, 1.82) is 5.26 Å². The van der Waals surface area contributed by atoms with Crippen LogP contribution in [0.1, 0.15) is 17.5 Å². The number of nitrogens with one attached hydrogen (secondary N) is 1. The first-order valence-corrected chi connectivity index (χ1v) is 4.28. The number of hydrogen-bond donors (Lipinski definition) is 1. The third-order valence-corrected chi connectivity index (χ3v) is 2.14. The second-order valence-corrected chi connectivity index (χ2v) is 3.10. The molecule has 0 aliphatic carbocycles. The van der Waals surface area contributed by atoms with E-state index >= 15 is 0 Å². The molecule has 1 N–H and O–H groups in total. The van der Waals surface area contributed by atoms with Gasteiger partial charge < -0.3 is 5.32 Å². The molecule has 1 heterocycles. The van der Waals surface area contributed by atoms with Crippen LogP contribution in [0.15, 0.2) is 30.5 Å². The Labute approximate surface area is 81.7 Å². The van der Waals surface area contributed by atoms with Crippen molar-refractivity contribution in [2.75, 3.05) is 0 Å². The van der Waals surface area contributed by atoms with E-state index in [0.717, 1.165) is 11.1 Å². The number of nitriles is 1. The average Bonchev–Trinajstić information content (AvgIpc) is 2.65. The third-order valence-electron chi connectivity index (χ3n) is 2.14. The molecule has 3 nitrogen and oxygen atoms in total. The highest BCUT2D eigenvalue weighted by atomic mass is 16.1. The highest BCUT2D eigenvalue weighted by Crippen LogP contribution is 2.20. The molecule has 0 aromatic heterocycles. The zero-order valence-electron chi connectivity index (χ0n) is 7.45. The van der Waals surface area contributed by atoms with Gasteiger partial charge in [-0.25, -0.2) is 0 Å².